The minimum absolute atomic E-state index is 0.0878. The van der Waals surface area contributed by atoms with E-state index in [1.54, 1.807) is 19.1 Å². The van der Waals surface area contributed by atoms with Crippen molar-refractivity contribution in [1.29, 1.82) is 0 Å². The van der Waals surface area contributed by atoms with Crippen LogP contribution in [0.3, 0.4) is 0 Å². The van der Waals surface area contributed by atoms with Crippen LogP contribution in [0, 0.1) is 0 Å². The van der Waals surface area contributed by atoms with E-state index in [0.29, 0.717) is 5.76 Å². The Labute approximate surface area is 106 Å². The maximum Gasteiger partial charge on any atom is 0.304 e. The Morgan fingerprint density at radius 1 is 1.61 bits per heavy atom. The molecule has 0 aliphatic rings. The average molecular weight is 276 g/mol. The first-order valence-corrected chi connectivity index (χ1v) is 6.75. The zero-order valence-electron chi connectivity index (χ0n) is 10.2. The van der Waals surface area contributed by atoms with Crippen LogP contribution < -0.4 is 4.72 Å². The van der Waals surface area contributed by atoms with Crippen LogP contribution in [0.15, 0.2) is 22.8 Å². The number of nitrogens with one attached hydrogen (secondary N) is 1. The second-order valence-electron chi connectivity index (χ2n) is 3.83. The molecule has 2 N–H and O–H groups in total. The first-order valence-electron chi connectivity index (χ1n) is 5.31. The maximum atomic E-state index is 11.8. The highest BCUT2D eigenvalue weighted by atomic mass is 32.2. The van der Waals surface area contributed by atoms with Gasteiger partial charge >= 0.3 is 5.97 Å². The fourth-order valence-electron chi connectivity index (χ4n) is 1.28. The standard InChI is InChI=1S/C10H16N2O5S/c1-8(9-4-3-7-17-9)11-18(15,16)12(2)6-5-10(13)14/h3-4,7-8,11H,5-6H2,1-2H3,(H,13,14). The van der Waals surface area contributed by atoms with Crippen LogP contribution in [0.25, 0.3) is 0 Å². The van der Waals surface area contributed by atoms with E-state index >= 15 is 0 Å². The highest BCUT2D eigenvalue weighted by Gasteiger charge is 2.22. The Morgan fingerprint density at radius 3 is 2.78 bits per heavy atom. The van der Waals surface area contributed by atoms with Crippen molar-refractivity contribution in [3.63, 3.8) is 0 Å². The molecule has 1 aromatic heterocycles. The lowest BCUT2D eigenvalue weighted by molar-refractivity contribution is -0.137. The molecule has 18 heavy (non-hydrogen) atoms. The smallest absolute Gasteiger partial charge is 0.304 e. The van der Waals surface area contributed by atoms with Crippen molar-refractivity contribution >= 4 is 16.2 Å². The molecule has 0 spiro atoms. The topological polar surface area (TPSA) is 99.9 Å². The zero-order valence-corrected chi connectivity index (χ0v) is 11.0. The highest BCUT2D eigenvalue weighted by molar-refractivity contribution is 7.87. The number of aliphatic carboxylic acids is 1. The lowest BCUT2D eigenvalue weighted by Gasteiger charge is -2.19. The molecule has 0 amide bonds. The zero-order chi connectivity index (χ0) is 13.8. The number of nitrogens with zero attached hydrogens (tertiary/aromatic N) is 1. The van der Waals surface area contributed by atoms with Crippen LogP contribution in [0.1, 0.15) is 25.1 Å². The second-order valence-corrected chi connectivity index (χ2v) is 5.63. The molecule has 0 saturated heterocycles. The monoisotopic (exact) mass is 276 g/mol. The van der Waals surface area contributed by atoms with Gasteiger partial charge in [-0.15, -0.1) is 0 Å². The predicted molar refractivity (Wildman–Crippen MR) is 64.1 cm³/mol. The number of hydrogen-bond acceptors (Lipinski definition) is 4. The summed E-state index contributed by atoms with van der Waals surface area (Å²) < 4.78 is 32.1. The molecule has 1 heterocycles. The summed E-state index contributed by atoms with van der Waals surface area (Å²) in [7, 11) is -2.40. The lowest BCUT2D eigenvalue weighted by atomic mass is 10.3. The summed E-state index contributed by atoms with van der Waals surface area (Å²) in [6, 6.07) is 2.80. The molecule has 0 aliphatic carbocycles. The van der Waals surface area contributed by atoms with E-state index in [0.717, 1.165) is 4.31 Å². The first-order chi connectivity index (χ1) is 8.33. The summed E-state index contributed by atoms with van der Waals surface area (Å²) in [5.41, 5.74) is 0. The molecule has 7 nitrogen and oxygen atoms in total. The maximum absolute atomic E-state index is 11.8. The third kappa shape index (κ3) is 4.13. The van der Waals surface area contributed by atoms with E-state index in [2.05, 4.69) is 4.72 Å². The number of carboxylic acid groups (broad SMARTS) is 1. The van der Waals surface area contributed by atoms with Gasteiger partial charge in [-0.2, -0.15) is 17.4 Å². The molecule has 0 aromatic carbocycles. The number of rotatable bonds is 7. The SMILES string of the molecule is CC(NS(=O)(=O)N(C)CCC(=O)O)c1ccco1. The molecule has 1 unspecified atom stereocenters. The van der Waals surface area contributed by atoms with Crippen molar-refractivity contribution in [2.75, 3.05) is 13.6 Å². The van der Waals surface area contributed by atoms with Gasteiger partial charge < -0.3 is 9.52 Å². The molecule has 0 aliphatic heterocycles. The molecule has 0 fully saturated rings. The number of furan rings is 1. The summed E-state index contributed by atoms with van der Waals surface area (Å²) in [5, 5.41) is 8.50. The fraction of sp³-hybridized carbons (Fsp3) is 0.500. The second kappa shape index (κ2) is 5.98. The van der Waals surface area contributed by atoms with Crippen LogP contribution in [0.5, 0.6) is 0 Å². The van der Waals surface area contributed by atoms with Crippen LogP contribution in [-0.4, -0.2) is 37.4 Å². The van der Waals surface area contributed by atoms with Gasteiger partial charge in [0.25, 0.3) is 10.2 Å². The van der Waals surface area contributed by atoms with E-state index in [1.807, 2.05) is 0 Å². The molecule has 0 bridgehead atoms. The Balaban J connectivity index is 2.61. The van der Waals surface area contributed by atoms with E-state index in [-0.39, 0.29) is 13.0 Å². The number of hydrogen-bond donors (Lipinski definition) is 2. The van der Waals surface area contributed by atoms with Crippen molar-refractivity contribution in [2.24, 2.45) is 0 Å². The van der Waals surface area contributed by atoms with Gasteiger partial charge in [-0.1, -0.05) is 0 Å². The van der Waals surface area contributed by atoms with Gasteiger partial charge in [0.15, 0.2) is 0 Å². The Morgan fingerprint density at radius 2 is 2.28 bits per heavy atom. The molecule has 1 atom stereocenters. The lowest BCUT2D eigenvalue weighted by Crippen LogP contribution is -2.40. The highest BCUT2D eigenvalue weighted by Crippen LogP contribution is 2.14. The van der Waals surface area contributed by atoms with Gasteiger partial charge in [-0.3, -0.25) is 4.79 Å². The van der Waals surface area contributed by atoms with E-state index in [1.165, 1.54) is 13.3 Å². The van der Waals surface area contributed by atoms with Crippen molar-refractivity contribution in [1.82, 2.24) is 9.03 Å². The third-order valence-electron chi connectivity index (χ3n) is 2.35. The van der Waals surface area contributed by atoms with Crippen LogP contribution in [0.2, 0.25) is 0 Å². The molecular weight excluding hydrogens is 260 g/mol. The van der Waals surface area contributed by atoms with Gasteiger partial charge in [0.2, 0.25) is 0 Å². The Kier molecular flexibility index (Phi) is 4.88. The van der Waals surface area contributed by atoms with Gasteiger partial charge in [0, 0.05) is 13.6 Å². The van der Waals surface area contributed by atoms with Gasteiger partial charge in [-0.05, 0) is 19.1 Å². The molecule has 0 radical (unpaired) electrons. The van der Waals surface area contributed by atoms with Crippen molar-refractivity contribution in [2.45, 2.75) is 19.4 Å². The van der Waals surface area contributed by atoms with E-state index < -0.39 is 22.2 Å². The predicted octanol–water partition coefficient (Wildman–Crippen LogP) is 0.582. The molecule has 1 aromatic rings. The Bertz CT molecular complexity index is 482. The fourth-order valence-corrected chi connectivity index (χ4v) is 2.36. The number of carboxylic acids is 1. The summed E-state index contributed by atoms with van der Waals surface area (Å²) in [6.45, 7) is 1.55. The number of carbonyl (C=O) groups is 1. The third-order valence-corrected chi connectivity index (χ3v) is 4.00. The van der Waals surface area contributed by atoms with E-state index in [4.69, 9.17) is 9.52 Å². The molecule has 0 saturated carbocycles. The van der Waals surface area contributed by atoms with Crippen LogP contribution >= 0.6 is 0 Å². The van der Waals surface area contributed by atoms with Gasteiger partial charge in [-0.25, -0.2) is 0 Å². The Hall–Kier alpha value is -1.38. The minimum Gasteiger partial charge on any atom is -0.481 e. The average Bonchev–Trinajstić information content (AvgIpc) is 2.78. The first kappa shape index (κ1) is 14.7. The van der Waals surface area contributed by atoms with Crippen molar-refractivity contribution < 1.29 is 22.7 Å². The van der Waals surface area contributed by atoms with Crippen LogP contribution in [-0.2, 0) is 15.0 Å². The minimum atomic E-state index is -3.72. The van der Waals surface area contributed by atoms with Crippen molar-refractivity contribution in [3.05, 3.63) is 24.2 Å². The summed E-state index contributed by atoms with van der Waals surface area (Å²) >= 11 is 0. The summed E-state index contributed by atoms with van der Waals surface area (Å²) in [6.07, 6.45) is 1.21. The molecule has 1 rings (SSSR count). The van der Waals surface area contributed by atoms with Gasteiger partial charge in [0.05, 0.1) is 18.7 Å². The largest absolute Gasteiger partial charge is 0.481 e. The molecule has 102 valence electrons. The molecular formula is C10H16N2O5S. The van der Waals surface area contributed by atoms with Crippen LogP contribution in [0.4, 0.5) is 0 Å². The van der Waals surface area contributed by atoms with Gasteiger partial charge in [0.1, 0.15) is 5.76 Å². The summed E-state index contributed by atoms with van der Waals surface area (Å²) in [5.74, 6) is -0.554. The normalized spacial score (nSPS) is 13.7. The van der Waals surface area contributed by atoms with Crippen molar-refractivity contribution in [3.8, 4) is 0 Å². The quantitative estimate of drug-likeness (QED) is 0.759. The van der Waals surface area contributed by atoms with E-state index in [9.17, 15) is 13.2 Å². The summed E-state index contributed by atoms with van der Waals surface area (Å²) in [4.78, 5) is 10.4. The molecule has 8 heteroatoms.